The van der Waals surface area contributed by atoms with Gasteiger partial charge in [0.2, 0.25) is 0 Å². The van der Waals surface area contributed by atoms with Crippen LogP contribution in [-0.4, -0.2) is 16.5 Å². The molecule has 2 rings (SSSR count). The van der Waals surface area contributed by atoms with Gasteiger partial charge in [0.25, 0.3) is 0 Å². The Labute approximate surface area is 130 Å². The summed E-state index contributed by atoms with van der Waals surface area (Å²) in [5, 5.41) is 3.36. The van der Waals surface area contributed by atoms with Crippen LogP contribution in [-0.2, 0) is 0 Å². The van der Waals surface area contributed by atoms with Gasteiger partial charge in [-0.2, -0.15) is 0 Å². The van der Waals surface area contributed by atoms with Crippen LogP contribution in [0.1, 0.15) is 63.4 Å². The molecule has 1 aromatic rings. The first kappa shape index (κ1) is 15.0. The largest absolute Gasteiger partial charge is 0.369 e. The van der Waals surface area contributed by atoms with Gasteiger partial charge in [-0.25, -0.2) is 9.97 Å². The number of halogens is 1. The molecule has 4 heteroatoms. The summed E-state index contributed by atoms with van der Waals surface area (Å²) in [5.41, 5.74) is 1.11. The van der Waals surface area contributed by atoms with Crippen LogP contribution >= 0.6 is 22.6 Å². The Balaban J connectivity index is 2.24. The summed E-state index contributed by atoms with van der Waals surface area (Å²) in [4.78, 5) is 9.53. The van der Waals surface area contributed by atoms with Crippen molar-refractivity contribution in [2.24, 2.45) is 5.92 Å². The van der Waals surface area contributed by atoms with Crippen molar-refractivity contribution in [3.8, 4) is 0 Å². The Bertz CT molecular complexity index is 434. The highest BCUT2D eigenvalue weighted by Crippen LogP contribution is 2.37. The SMILES string of the molecule is CCNc1nc(C2CCCC(CC)C2)nc(C)c1I. The molecule has 1 fully saturated rings. The highest BCUT2D eigenvalue weighted by Gasteiger charge is 2.25. The predicted octanol–water partition coefficient (Wildman–Crippen LogP) is 4.51. The summed E-state index contributed by atoms with van der Waals surface area (Å²) in [6, 6.07) is 0. The van der Waals surface area contributed by atoms with Gasteiger partial charge in [-0.15, -0.1) is 0 Å². The quantitative estimate of drug-likeness (QED) is 0.790. The fraction of sp³-hybridized carbons (Fsp3) is 0.733. The molecule has 0 amide bonds. The van der Waals surface area contributed by atoms with Gasteiger partial charge >= 0.3 is 0 Å². The third-order valence-corrected chi connectivity index (χ3v) is 5.40. The first-order valence-corrected chi connectivity index (χ1v) is 8.51. The van der Waals surface area contributed by atoms with E-state index < -0.39 is 0 Å². The Kier molecular flexibility index (Phi) is 5.42. The second-order valence-electron chi connectivity index (χ2n) is 5.50. The van der Waals surface area contributed by atoms with E-state index in [1.807, 2.05) is 0 Å². The minimum absolute atomic E-state index is 0.562. The highest BCUT2D eigenvalue weighted by atomic mass is 127. The van der Waals surface area contributed by atoms with E-state index in [0.717, 1.165) is 33.4 Å². The molecule has 1 heterocycles. The van der Waals surface area contributed by atoms with Crippen LogP contribution in [0, 0.1) is 16.4 Å². The molecule has 1 N–H and O–H groups in total. The van der Waals surface area contributed by atoms with E-state index >= 15 is 0 Å². The van der Waals surface area contributed by atoms with Gasteiger partial charge < -0.3 is 5.32 Å². The summed E-state index contributed by atoms with van der Waals surface area (Å²) in [6.07, 6.45) is 6.52. The molecule has 0 aliphatic heterocycles. The van der Waals surface area contributed by atoms with Crippen LogP contribution in [0.5, 0.6) is 0 Å². The van der Waals surface area contributed by atoms with Gasteiger partial charge in [-0.1, -0.05) is 26.2 Å². The van der Waals surface area contributed by atoms with Gasteiger partial charge in [-0.05, 0) is 55.2 Å². The smallest absolute Gasteiger partial charge is 0.143 e. The zero-order chi connectivity index (χ0) is 13.8. The zero-order valence-electron chi connectivity index (χ0n) is 12.2. The lowest BCUT2D eigenvalue weighted by Crippen LogP contribution is -2.17. The number of hydrogen-bond acceptors (Lipinski definition) is 3. The number of aromatic nitrogens is 2. The molecule has 2 atom stereocenters. The number of nitrogens with zero attached hydrogens (tertiary/aromatic N) is 2. The Hall–Kier alpha value is -0.390. The van der Waals surface area contributed by atoms with Crippen molar-refractivity contribution in [2.45, 2.75) is 58.8 Å². The molecule has 0 aromatic carbocycles. The minimum Gasteiger partial charge on any atom is -0.369 e. The average molecular weight is 373 g/mol. The summed E-state index contributed by atoms with van der Waals surface area (Å²) in [7, 11) is 0. The molecule has 0 spiro atoms. The zero-order valence-corrected chi connectivity index (χ0v) is 14.3. The lowest BCUT2D eigenvalue weighted by molar-refractivity contribution is 0.307. The minimum atomic E-state index is 0.562. The van der Waals surface area contributed by atoms with Crippen molar-refractivity contribution in [3.05, 3.63) is 15.1 Å². The van der Waals surface area contributed by atoms with E-state index in [1.165, 1.54) is 32.1 Å². The molecule has 0 saturated heterocycles. The van der Waals surface area contributed by atoms with E-state index in [9.17, 15) is 0 Å². The number of hydrogen-bond donors (Lipinski definition) is 1. The Morgan fingerprint density at radius 3 is 2.74 bits per heavy atom. The second-order valence-corrected chi connectivity index (χ2v) is 6.58. The molecule has 19 heavy (non-hydrogen) atoms. The molecule has 3 nitrogen and oxygen atoms in total. The first-order chi connectivity index (χ1) is 9.15. The fourth-order valence-electron chi connectivity index (χ4n) is 2.94. The van der Waals surface area contributed by atoms with Crippen molar-refractivity contribution < 1.29 is 0 Å². The van der Waals surface area contributed by atoms with Gasteiger partial charge in [0.1, 0.15) is 11.6 Å². The second kappa shape index (κ2) is 6.86. The van der Waals surface area contributed by atoms with Crippen LogP contribution in [0.15, 0.2) is 0 Å². The van der Waals surface area contributed by atoms with E-state index in [0.29, 0.717) is 5.92 Å². The molecule has 1 aliphatic carbocycles. The van der Waals surface area contributed by atoms with Crippen molar-refractivity contribution in [3.63, 3.8) is 0 Å². The Morgan fingerprint density at radius 2 is 2.05 bits per heavy atom. The summed E-state index contributed by atoms with van der Waals surface area (Å²) >= 11 is 2.34. The van der Waals surface area contributed by atoms with E-state index in [2.05, 4.69) is 48.7 Å². The van der Waals surface area contributed by atoms with Crippen LogP contribution in [0.3, 0.4) is 0 Å². The normalized spacial score (nSPS) is 23.4. The third kappa shape index (κ3) is 3.58. The molecular weight excluding hydrogens is 349 g/mol. The molecule has 0 bridgehead atoms. The lowest BCUT2D eigenvalue weighted by Gasteiger charge is -2.28. The summed E-state index contributed by atoms with van der Waals surface area (Å²) < 4.78 is 1.16. The van der Waals surface area contributed by atoms with Crippen LogP contribution in [0.2, 0.25) is 0 Å². The van der Waals surface area contributed by atoms with Gasteiger partial charge in [0, 0.05) is 12.5 Å². The lowest BCUT2D eigenvalue weighted by atomic mass is 9.80. The van der Waals surface area contributed by atoms with Crippen LogP contribution in [0.4, 0.5) is 5.82 Å². The standard InChI is InChI=1S/C15H24IN3/c1-4-11-7-6-8-12(9-11)14-18-10(3)13(16)15(19-14)17-5-2/h11-12H,4-9H2,1-3H3,(H,17,18,19). The molecule has 0 radical (unpaired) electrons. The van der Waals surface area contributed by atoms with E-state index in [-0.39, 0.29) is 0 Å². The van der Waals surface area contributed by atoms with Gasteiger partial charge in [0.15, 0.2) is 0 Å². The molecule has 1 aromatic heterocycles. The van der Waals surface area contributed by atoms with E-state index in [1.54, 1.807) is 0 Å². The molecular formula is C15H24IN3. The first-order valence-electron chi connectivity index (χ1n) is 7.43. The number of aryl methyl sites for hydroxylation is 1. The summed E-state index contributed by atoms with van der Waals surface area (Å²) in [5.74, 6) is 3.51. The van der Waals surface area contributed by atoms with Crippen molar-refractivity contribution in [1.82, 2.24) is 9.97 Å². The summed E-state index contributed by atoms with van der Waals surface area (Å²) in [6.45, 7) is 7.42. The van der Waals surface area contributed by atoms with Crippen molar-refractivity contribution >= 4 is 28.4 Å². The maximum atomic E-state index is 4.79. The third-order valence-electron chi connectivity index (χ3n) is 4.10. The number of rotatable bonds is 4. The topological polar surface area (TPSA) is 37.8 Å². The predicted molar refractivity (Wildman–Crippen MR) is 88.6 cm³/mol. The molecule has 1 aliphatic rings. The Morgan fingerprint density at radius 1 is 1.26 bits per heavy atom. The van der Waals surface area contributed by atoms with Crippen LogP contribution in [0.25, 0.3) is 0 Å². The van der Waals surface area contributed by atoms with Crippen LogP contribution < -0.4 is 5.32 Å². The fourth-order valence-corrected chi connectivity index (χ4v) is 3.38. The molecule has 106 valence electrons. The average Bonchev–Trinajstić information content (AvgIpc) is 2.44. The molecule has 2 unspecified atom stereocenters. The number of anilines is 1. The molecule has 1 saturated carbocycles. The van der Waals surface area contributed by atoms with Crippen molar-refractivity contribution in [2.75, 3.05) is 11.9 Å². The van der Waals surface area contributed by atoms with Gasteiger partial charge in [0.05, 0.1) is 9.26 Å². The maximum absolute atomic E-state index is 4.79. The van der Waals surface area contributed by atoms with Crippen molar-refractivity contribution in [1.29, 1.82) is 0 Å². The highest BCUT2D eigenvalue weighted by molar-refractivity contribution is 14.1. The monoisotopic (exact) mass is 373 g/mol. The number of nitrogens with one attached hydrogen (secondary N) is 1. The van der Waals surface area contributed by atoms with E-state index in [4.69, 9.17) is 9.97 Å². The van der Waals surface area contributed by atoms with Gasteiger partial charge in [-0.3, -0.25) is 0 Å². The maximum Gasteiger partial charge on any atom is 0.143 e.